The highest BCUT2D eigenvalue weighted by atomic mass is 32.2. The molecule has 0 saturated carbocycles. The third kappa shape index (κ3) is 2.78. The summed E-state index contributed by atoms with van der Waals surface area (Å²) in [6, 6.07) is 7.57. The number of nitrogen functional groups attached to an aromatic ring is 1. The van der Waals surface area contributed by atoms with Crippen LogP contribution in [0.3, 0.4) is 0 Å². The fourth-order valence-electron chi connectivity index (χ4n) is 1.34. The third-order valence-electron chi connectivity index (χ3n) is 2.19. The molecule has 1 heterocycles. The number of hydrogen-bond acceptors (Lipinski definition) is 5. The molecule has 0 aliphatic heterocycles. The topological polar surface area (TPSA) is 84.9 Å². The van der Waals surface area contributed by atoms with Gasteiger partial charge in [0.1, 0.15) is 22.3 Å². The minimum absolute atomic E-state index is 0.0842. The summed E-state index contributed by atoms with van der Waals surface area (Å²) in [5, 5.41) is 8.07. The van der Waals surface area contributed by atoms with Crippen LogP contribution in [0, 0.1) is 5.41 Å². The summed E-state index contributed by atoms with van der Waals surface area (Å²) in [5.41, 5.74) is 5.86. The summed E-state index contributed by atoms with van der Waals surface area (Å²) in [5.74, 6) is 0.712. The number of methoxy groups -OCH3 is 1. The zero-order valence-corrected chi connectivity index (χ0v) is 10.6. The van der Waals surface area contributed by atoms with Gasteiger partial charge in [-0.2, -0.15) is 0 Å². The number of nitrogens with zero attached hydrogens (tertiary/aromatic N) is 2. The van der Waals surface area contributed by atoms with Crippen LogP contribution in [0.1, 0.15) is 5.69 Å². The second-order valence-electron chi connectivity index (χ2n) is 3.40. The van der Waals surface area contributed by atoms with Gasteiger partial charge in [-0.25, -0.2) is 9.97 Å². The summed E-state index contributed by atoms with van der Waals surface area (Å²) < 4.78 is 5.09. The van der Waals surface area contributed by atoms with Gasteiger partial charge in [-0.15, -0.1) is 0 Å². The van der Waals surface area contributed by atoms with E-state index in [1.54, 1.807) is 13.3 Å². The van der Waals surface area contributed by atoms with Crippen LogP contribution in [-0.4, -0.2) is 22.9 Å². The van der Waals surface area contributed by atoms with E-state index in [2.05, 4.69) is 9.97 Å². The van der Waals surface area contributed by atoms with Gasteiger partial charge in [0.15, 0.2) is 0 Å². The molecule has 5 nitrogen and oxygen atoms in total. The zero-order chi connectivity index (χ0) is 13.0. The van der Waals surface area contributed by atoms with Crippen molar-refractivity contribution >= 4 is 17.6 Å². The Hall–Kier alpha value is -2.08. The number of ether oxygens (including phenoxy) is 1. The highest BCUT2D eigenvalue weighted by molar-refractivity contribution is 7.99. The maximum atomic E-state index is 7.45. The highest BCUT2D eigenvalue weighted by Crippen LogP contribution is 2.28. The standard InChI is InChI=1S/C12H12N4OS/c1-17-8-2-4-9(5-3-8)18-12-10(11(13)14)15-6-7-16-12/h2-7H,1H3,(H3,13,14). The maximum absolute atomic E-state index is 7.45. The molecule has 0 fully saturated rings. The van der Waals surface area contributed by atoms with Crippen molar-refractivity contribution in [1.29, 1.82) is 5.41 Å². The molecule has 1 aromatic heterocycles. The second kappa shape index (κ2) is 5.50. The van der Waals surface area contributed by atoms with Gasteiger partial charge in [0.05, 0.1) is 7.11 Å². The Morgan fingerprint density at radius 3 is 2.50 bits per heavy atom. The van der Waals surface area contributed by atoms with Gasteiger partial charge in [-0.1, -0.05) is 11.8 Å². The van der Waals surface area contributed by atoms with E-state index < -0.39 is 0 Å². The van der Waals surface area contributed by atoms with E-state index in [4.69, 9.17) is 15.9 Å². The Bertz CT molecular complexity index is 556. The van der Waals surface area contributed by atoms with E-state index in [0.29, 0.717) is 10.7 Å². The number of hydrogen-bond donors (Lipinski definition) is 2. The molecule has 1 aromatic carbocycles. The molecule has 3 N–H and O–H groups in total. The van der Waals surface area contributed by atoms with Gasteiger partial charge in [0.2, 0.25) is 0 Å². The number of nitrogens with two attached hydrogens (primary N) is 1. The lowest BCUT2D eigenvalue weighted by Gasteiger charge is -2.06. The summed E-state index contributed by atoms with van der Waals surface area (Å²) in [6.45, 7) is 0. The van der Waals surface area contributed by atoms with E-state index in [-0.39, 0.29) is 5.84 Å². The molecular weight excluding hydrogens is 248 g/mol. The van der Waals surface area contributed by atoms with Gasteiger partial charge in [-0.05, 0) is 24.3 Å². The van der Waals surface area contributed by atoms with Crippen molar-refractivity contribution in [3.63, 3.8) is 0 Å². The second-order valence-corrected chi connectivity index (χ2v) is 4.46. The number of nitrogens with one attached hydrogen (secondary N) is 1. The van der Waals surface area contributed by atoms with Crippen molar-refractivity contribution in [2.45, 2.75) is 9.92 Å². The molecule has 18 heavy (non-hydrogen) atoms. The fourth-order valence-corrected chi connectivity index (χ4v) is 2.21. The Kier molecular flexibility index (Phi) is 3.78. The van der Waals surface area contributed by atoms with Crippen LogP contribution in [0.25, 0.3) is 0 Å². The predicted octanol–water partition coefficient (Wildman–Crippen LogP) is 1.92. The van der Waals surface area contributed by atoms with Gasteiger partial charge in [0, 0.05) is 17.3 Å². The Morgan fingerprint density at radius 1 is 1.22 bits per heavy atom. The van der Waals surface area contributed by atoms with Crippen LogP contribution in [0.2, 0.25) is 0 Å². The average Bonchev–Trinajstić information content (AvgIpc) is 2.40. The van der Waals surface area contributed by atoms with Crippen LogP contribution in [0.5, 0.6) is 5.75 Å². The Labute approximate surface area is 109 Å². The predicted molar refractivity (Wildman–Crippen MR) is 70.2 cm³/mol. The average molecular weight is 260 g/mol. The lowest BCUT2D eigenvalue weighted by atomic mass is 10.3. The molecule has 6 heteroatoms. The van der Waals surface area contributed by atoms with E-state index in [9.17, 15) is 0 Å². The van der Waals surface area contributed by atoms with Crippen LogP contribution >= 0.6 is 11.8 Å². The molecule has 0 bridgehead atoms. The van der Waals surface area contributed by atoms with Crippen molar-refractivity contribution in [1.82, 2.24) is 9.97 Å². The summed E-state index contributed by atoms with van der Waals surface area (Å²) in [7, 11) is 1.62. The van der Waals surface area contributed by atoms with Crippen molar-refractivity contribution in [3.8, 4) is 5.75 Å². The summed E-state index contributed by atoms with van der Waals surface area (Å²) in [6.07, 6.45) is 3.10. The zero-order valence-electron chi connectivity index (χ0n) is 9.75. The minimum atomic E-state index is -0.0842. The third-order valence-corrected chi connectivity index (χ3v) is 3.19. The molecule has 0 aliphatic carbocycles. The first-order valence-corrected chi connectivity index (χ1v) is 5.99. The van der Waals surface area contributed by atoms with E-state index in [0.717, 1.165) is 10.6 Å². The molecule has 92 valence electrons. The molecule has 2 aromatic rings. The molecule has 0 atom stereocenters. The first-order valence-electron chi connectivity index (χ1n) is 5.18. The van der Waals surface area contributed by atoms with Crippen molar-refractivity contribution in [2.24, 2.45) is 5.73 Å². The van der Waals surface area contributed by atoms with E-state index in [1.165, 1.54) is 18.0 Å². The quantitative estimate of drug-likeness (QED) is 0.648. The molecule has 0 spiro atoms. The Balaban J connectivity index is 2.25. The minimum Gasteiger partial charge on any atom is -0.497 e. The van der Waals surface area contributed by atoms with E-state index >= 15 is 0 Å². The van der Waals surface area contributed by atoms with Gasteiger partial charge >= 0.3 is 0 Å². The van der Waals surface area contributed by atoms with Crippen LogP contribution in [0.15, 0.2) is 46.6 Å². The lowest BCUT2D eigenvalue weighted by Crippen LogP contribution is -2.14. The largest absolute Gasteiger partial charge is 0.497 e. The lowest BCUT2D eigenvalue weighted by molar-refractivity contribution is 0.414. The molecule has 0 radical (unpaired) electrons. The highest BCUT2D eigenvalue weighted by Gasteiger charge is 2.09. The summed E-state index contributed by atoms with van der Waals surface area (Å²) in [4.78, 5) is 9.22. The SMILES string of the molecule is COc1ccc(Sc2nccnc2C(=N)N)cc1. The molecule has 0 saturated heterocycles. The number of rotatable bonds is 4. The van der Waals surface area contributed by atoms with Crippen molar-refractivity contribution < 1.29 is 4.74 Å². The normalized spacial score (nSPS) is 10.1. The Morgan fingerprint density at radius 2 is 1.89 bits per heavy atom. The number of benzene rings is 1. The molecule has 0 amide bonds. The van der Waals surface area contributed by atoms with Gasteiger partial charge in [0.25, 0.3) is 0 Å². The molecule has 2 rings (SSSR count). The van der Waals surface area contributed by atoms with Crippen LogP contribution in [-0.2, 0) is 0 Å². The molecule has 0 unspecified atom stereocenters. The van der Waals surface area contributed by atoms with Gasteiger partial charge in [-0.3, -0.25) is 5.41 Å². The van der Waals surface area contributed by atoms with Crippen molar-refractivity contribution in [3.05, 3.63) is 42.4 Å². The smallest absolute Gasteiger partial charge is 0.144 e. The van der Waals surface area contributed by atoms with Crippen molar-refractivity contribution in [2.75, 3.05) is 7.11 Å². The monoisotopic (exact) mass is 260 g/mol. The molecular formula is C12H12N4OS. The maximum Gasteiger partial charge on any atom is 0.144 e. The van der Waals surface area contributed by atoms with Crippen LogP contribution in [0.4, 0.5) is 0 Å². The molecule has 0 aliphatic rings. The first kappa shape index (κ1) is 12.4. The number of amidine groups is 1. The first-order chi connectivity index (χ1) is 8.70. The van der Waals surface area contributed by atoms with Gasteiger partial charge < -0.3 is 10.5 Å². The van der Waals surface area contributed by atoms with Crippen LogP contribution < -0.4 is 10.5 Å². The van der Waals surface area contributed by atoms with E-state index in [1.807, 2.05) is 24.3 Å². The number of aromatic nitrogens is 2. The summed E-state index contributed by atoms with van der Waals surface area (Å²) >= 11 is 1.41. The fraction of sp³-hybridized carbons (Fsp3) is 0.0833.